The molecule has 23 heavy (non-hydrogen) atoms. The van der Waals surface area contributed by atoms with E-state index in [1.807, 2.05) is 24.3 Å². The second-order valence-corrected chi connectivity index (χ2v) is 5.64. The Morgan fingerprint density at radius 2 is 1.91 bits per heavy atom. The van der Waals surface area contributed by atoms with Crippen LogP contribution in [0.2, 0.25) is 0 Å². The summed E-state index contributed by atoms with van der Waals surface area (Å²) in [5.74, 6) is 1.21. The summed E-state index contributed by atoms with van der Waals surface area (Å²) in [6.45, 7) is 0.535. The quantitative estimate of drug-likeness (QED) is 0.802. The fourth-order valence-corrected chi connectivity index (χ4v) is 2.56. The average Bonchev–Trinajstić information content (AvgIpc) is 2.57. The topological polar surface area (TPSA) is 59.6 Å². The number of hydrogen-bond acceptors (Lipinski definition) is 3. The number of amides is 2. The molecule has 0 heterocycles. The number of anilines is 1. The highest BCUT2D eigenvalue weighted by Crippen LogP contribution is 2.28. The molecule has 2 amide bonds. The van der Waals surface area contributed by atoms with E-state index in [2.05, 4.69) is 26.6 Å². The number of urea groups is 1. The van der Waals surface area contributed by atoms with Crippen LogP contribution in [0.15, 0.2) is 46.9 Å². The van der Waals surface area contributed by atoms with Gasteiger partial charge in [-0.25, -0.2) is 4.79 Å². The van der Waals surface area contributed by atoms with Crippen LogP contribution in [0.1, 0.15) is 5.56 Å². The molecule has 0 fully saturated rings. The predicted octanol–water partition coefficient (Wildman–Crippen LogP) is 3.83. The first-order valence-electron chi connectivity index (χ1n) is 7.14. The zero-order valence-electron chi connectivity index (χ0n) is 13.1. The van der Waals surface area contributed by atoms with E-state index in [4.69, 9.17) is 9.47 Å². The Balaban J connectivity index is 1.89. The number of hydrogen-bond donors (Lipinski definition) is 2. The summed E-state index contributed by atoms with van der Waals surface area (Å²) in [6.07, 6.45) is 0.745. The van der Waals surface area contributed by atoms with Crippen LogP contribution >= 0.6 is 15.9 Å². The molecule has 0 saturated carbocycles. The van der Waals surface area contributed by atoms with Gasteiger partial charge in [0.15, 0.2) is 0 Å². The summed E-state index contributed by atoms with van der Waals surface area (Å²) >= 11 is 3.49. The predicted molar refractivity (Wildman–Crippen MR) is 94.4 cm³/mol. The van der Waals surface area contributed by atoms with E-state index in [1.54, 1.807) is 32.4 Å². The van der Waals surface area contributed by atoms with Crippen LogP contribution < -0.4 is 20.1 Å². The van der Waals surface area contributed by atoms with Crippen molar-refractivity contribution in [3.05, 3.63) is 52.5 Å². The standard InChI is InChI=1S/C17H19BrN2O3/c1-22-13-7-8-15(16(11-13)23-2)20-17(21)19-10-9-12-5-3-4-6-14(12)18/h3-8,11H,9-10H2,1-2H3,(H2,19,20,21). The first kappa shape index (κ1) is 17.1. The van der Waals surface area contributed by atoms with Crippen molar-refractivity contribution in [2.24, 2.45) is 0 Å². The fraction of sp³-hybridized carbons (Fsp3) is 0.235. The fourth-order valence-electron chi connectivity index (χ4n) is 2.08. The molecule has 0 aromatic heterocycles. The van der Waals surface area contributed by atoms with Gasteiger partial charge >= 0.3 is 6.03 Å². The van der Waals surface area contributed by atoms with Crippen LogP contribution in [0.4, 0.5) is 10.5 Å². The molecule has 0 aliphatic carbocycles. The van der Waals surface area contributed by atoms with Crippen LogP contribution in [0.5, 0.6) is 11.5 Å². The van der Waals surface area contributed by atoms with Gasteiger partial charge in [0.05, 0.1) is 19.9 Å². The Bertz CT molecular complexity index is 677. The van der Waals surface area contributed by atoms with Gasteiger partial charge in [0.25, 0.3) is 0 Å². The smallest absolute Gasteiger partial charge is 0.319 e. The summed E-state index contributed by atoms with van der Waals surface area (Å²) < 4.78 is 11.4. The molecule has 0 spiro atoms. The number of nitrogens with one attached hydrogen (secondary N) is 2. The monoisotopic (exact) mass is 378 g/mol. The second kappa shape index (κ2) is 8.43. The number of rotatable bonds is 6. The van der Waals surface area contributed by atoms with Gasteiger partial charge < -0.3 is 20.1 Å². The van der Waals surface area contributed by atoms with Crippen molar-refractivity contribution in [3.8, 4) is 11.5 Å². The zero-order valence-corrected chi connectivity index (χ0v) is 14.6. The lowest BCUT2D eigenvalue weighted by atomic mass is 10.1. The van der Waals surface area contributed by atoms with Gasteiger partial charge in [-0.2, -0.15) is 0 Å². The summed E-state index contributed by atoms with van der Waals surface area (Å²) in [7, 11) is 3.13. The van der Waals surface area contributed by atoms with E-state index >= 15 is 0 Å². The summed E-state index contributed by atoms with van der Waals surface area (Å²) in [5.41, 5.74) is 1.74. The molecule has 6 heteroatoms. The number of methoxy groups -OCH3 is 2. The maximum atomic E-state index is 12.0. The molecule has 2 rings (SSSR count). The highest BCUT2D eigenvalue weighted by atomic mass is 79.9. The summed E-state index contributed by atoms with van der Waals surface area (Å²) in [4.78, 5) is 12.0. The molecule has 2 N–H and O–H groups in total. The molecule has 0 atom stereocenters. The minimum Gasteiger partial charge on any atom is -0.497 e. The minimum absolute atomic E-state index is 0.277. The van der Waals surface area contributed by atoms with Gasteiger partial charge in [-0.15, -0.1) is 0 Å². The Labute approximate surface area is 144 Å². The lowest BCUT2D eigenvalue weighted by Crippen LogP contribution is -2.30. The zero-order chi connectivity index (χ0) is 16.7. The van der Waals surface area contributed by atoms with Crippen molar-refractivity contribution in [1.29, 1.82) is 0 Å². The number of halogens is 1. The molecule has 0 radical (unpaired) electrons. The number of ether oxygens (including phenoxy) is 2. The van der Waals surface area contributed by atoms with E-state index in [0.29, 0.717) is 23.7 Å². The average molecular weight is 379 g/mol. The number of benzene rings is 2. The van der Waals surface area contributed by atoms with E-state index < -0.39 is 0 Å². The van der Waals surface area contributed by atoms with Crippen molar-refractivity contribution in [2.45, 2.75) is 6.42 Å². The molecule has 122 valence electrons. The summed E-state index contributed by atoms with van der Waals surface area (Å²) in [5, 5.41) is 5.60. The van der Waals surface area contributed by atoms with Crippen LogP contribution in [0.3, 0.4) is 0 Å². The summed E-state index contributed by atoms with van der Waals surface area (Å²) in [6, 6.07) is 12.9. The molecule has 0 unspecified atom stereocenters. The normalized spacial score (nSPS) is 10.0. The van der Waals surface area contributed by atoms with Crippen LogP contribution in [-0.4, -0.2) is 26.8 Å². The van der Waals surface area contributed by atoms with Crippen molar-refractivity contribution in [1.82, 2.24) is 5.32 Å². The van der Waals surface area contributed by atoms with Gasteiger partial charge in [0.1, 0.15) is 11.5 Å². The van der Waals surface area contributed by atoms with Crippen LogP contribution in [-0.2, 0) is 6.42 Å². The van der Waals surface area contributed by atoms with Gasteiger partial charge in [-0.05, 0) is 30.2 Å². The van der Waals surface area contributed by atoms with Gasteiger partial charge in [0.2, 0.25) is 0 Å². The largest absolute Gasteiger partial charge is 0.497 e. The lowest BCUT2D eigenvalue weighted by Gasteiger charge is -2.12. The highest BCUT2D eigenvalue weighted by Gasteiger charge is 2.08. The van der Waals surface area contributed by atoms with E-state index in [1.165, 1.54) is 0 Å². The Morgan fingerprint density at radius 1 is 1.13 bits per heavy atom. The molecular formula is C17H19BrN2O3. The van der Waals surface area contributed by atoms with E-state index in [-0.39, 0.29) is 6.03 Å². The highest BCUT2D eigenvalue weighted by molar-refractivity contribution is 9.10. The molecule has 2 aromatic carbocycles. The van der Waals surface area contributed by atoms with Crippen molar-refractivity contribution >= 4 is 27.6 Å². The molecule has 0 aliphatic heterocycles. The minimum atomic E-state index is -0.277. The SMILES string of the molecule is COc1ccc(NC(=O)NCCc2ccccc2Br)c(OC)c1. The van der Waals surface area contributed by atoms with Crippen molar-refractivity contribution < 1.29 is 14.3 Å². The van der Waals surface area contributed by atoms with E-state index in [9.17, 15) is 4.79 Å². The Kier molecular flexibility index (Phi) is 6.29. The van der Waals surface area contributed by atoms with Gasteiger partial charge in [0, 0.05) is 17.1 Å². The number of carbonyl (C=O) groups excluding carboxylic acids is 1. The van der Waals surface area contributed by atoms with Gasteiger partial charge in [-0.3, -0.25) is 0 Å². The number of carbonyl (C=O) groups is 1. The third-order valence-electron chi connectivity index (χ3n) is 3.29. The maximum Gasteiger partial charge on any atom is 0.319 e. The van der Waals surface area contributed by atoms with Crippen LogP contribution in [0.25, 0.3) is 0 Å². The van der Waals surface area contributed by atoms with Crippen LogP contribution in [0, 0.1) is 0 Å². The first-order valence-corrected chi connectivity index (χ1v) is 7.93. The van der Waals surface area contributed by atoms with E-state index in [0.717, 1.165) is 16.5 Å². The molecule has 0 saturated heterocycles. The van der Waals surface area contributed by atoms with Gasteiger partial charge in [-0.1, -0.05) is 34.1 Å². The third-order valence-corrected chi connectivity index (χ3v) is 4.07. The Hall–Kier alpha value is -2.21. The maximum absolute atomic E-state index is 12.0. The lowest BCUT2D eigenvalue weighted by molar-refractivity contribution is 0.252. The van der Waals surface area contributed by atoms with Crippen molar-refractivity contribution in [2.75, 3.05) is 26.1 Å². The second-order valence-electron chi connectivity index (χ2n) is 4.79. The third kappa shape index (κ3) is 4.89. The van der Waals surface area contributed by atoms with Crippen molar-refractivity contribution in [3.63, 3.8) is 0 Å². The molecule has 0 bridgehead atoms. The Morgan fingerprint density at radius 3 is 2.61 bits per heavy atom. The molecule has 5 nitrogen and oxygen atoms in total. The molecule has 0 aliphatic rings. The molecular weight excluding hydrogens is 360 g/mol. The first-order chi connectivity index (χ1) is 11.1. The molecule has 2 aromatic rings.